The van der Waals surface area contributed by atoms with Crippen LogP contribution in [0.5, 0.6) is 0 Å². The van der Waals surface area contributed by atoms with E-state index in [0.717, 1.165) is 24.2 Å². The van der Waals surface area contributed by atoms with Gasteiger partial charge < -0.3 is 9.30 Å². The van der Waals surface area contributed by atoms with Crippen LogP contribution in [0.15, 0.2) is 30.3 Å². The third-order valence-electron chi connectivity index (χ3n) is 4.58. The van der Waals surface area contributed by atoms with Gasteiger partial charge in [0, 0.05) is 34.6 Å². The van der Waals surface area contributed by atoms with Crippen molar-refractivity contribution in [2.45, 2.75) is 39.2 Å². The minimum Gasteiger partial charge on any atom is -0.457 e. The highest BCUT2D eigenvalue weighted by Crippen LogP contribution is 2.38. The molecule has 0 atom stereocenters. The molecule has 1 aromatic heterocycles. The Kier molecular flexibility index (Phi) is 4.88. The van der Waals surface area contributed by atoms with E-state index in [-0.39, 0.29) is 30.1 Å². The monoisotopic (exact) mass is 356 g/mol. The molecule has 0 aliphatic heterocycles. The molecular formula is C19H20N2O5. The summed E-state index contributed by atoms with van der Waals surface area (Å²) >= 11 is 0. The lowest BCUT2D eigenvalue weighted by Crippen LogP contribution is -2.16. The van der Waals surface area contributed by atoms with Crippen LogP contribution in [0.2, 0.25) is 0 Å². The van der Waals surface area contributed by atoms with Gasteiger partial charge in [0.2, 0.25) is 5.78 Å². The summed E-state index contributed by atoms with van der Waals surface area (Å²) in [6.45, 7) is 3.49. The van der Waals surface area contributed by atoms with Gasteiger partial charge >= 0.3 is 5.97 Å². The lowest BCUT2D eigenvalue weighted by atomic mass is 10.1. The number of aromatic nitrogens is 1. The Balaban J connectivity index is 1.62. The molecule has 1 aliphatic carbocycles. The summed E-state index contributed by atoms with van der Waals surface area (Å²) in [6.07, 6.45) is 2.00. The molecule has 2 aromatic rings. The van der Waals surface area contributed by atoms with Crippen LogP contribution in [0.3, 0.4) is 0 Å². The van der Waals surface area contributed by atoms with E-state index < -0.39 is 10.9 Å². The van der Waals surface area contributed by atoms with Gasteiger partial charge in [-0.3, -0.25) is 19.7 Å². The number of aryl methyl sites for hydroxylation is 1. The van der Waals surface area contributed by atoms with Crippen LogP contribution >= 0.6 is 0 Å². The normalized spacial score (nSPS) is 13.5. The second kappa shape index (κ2) is 7.11. The maximum absolute atomic E-state index is 12.4. The van der Waals surface area contributed by atoms with Crippen LogP contribution in [-0.2, 0) is 16.0 Å². The number of hydrogen-bond acceptors (Lipinski definition) is 5. The number of para-hydroxylation sites is 1. The lowest BCUT2D eigenvalue weighted by molar-refractivity contribution is -0.385. The second-order valence-corrected chi connectivity index (χ2v) is 6.53. The van der Waals surface area contributed by atoms with Gasteiger partial charge in [-0.1, -0.05) is 18.2 Å². The summed E-state index contributed by atoms with van der Waals surface area (Å²) < 4.78 is 7.21. The zero-order valence-corrected chi connectivity index (χ0v) is 14.7. The van der Waals surface area contributed by atoms with E-state index in [1.165, 1.54) is 18.2 Å². The van der Waals surface area contributed by atoms with Crippen molar-refractivity contribution in [3.63, 3.8) is 0 Å². The average Bonchev–Trinajstić information content (AvgIpc) is 3.38. The summed E-state index contributed by atoms with van der Waals surface area (Å²) in [5.74, 6) is -0.926. The number of benzene rings is 1. The summed E-state index contributed by atoms with van der Waals surface area (Å²) in [6, 6.07) is 8.29. The highest BCUT2D eigenvalue weighted by molar-refractivity contribution is 5.99. The van der Waals surface area contributed by atoms with Gasteiger partial charge in [-0.05, 0) is 32.8 Å². The fourth-order valence-electron chi connectivity index (χ4n) is 3.22. The zero-order chi connectivity index (χ0) is 18.8. The molecule has 26 heavy (non-hydrogen) atoms. The number of ether oxygens (including phenoxy) is 1. The molecule has 1 fully saturated rings. The third kappa shape index (κ3) is 3.66. The van der Waals surface area contributed by atoms with E-state index in [1.54, 1.807) is 6.07 Å². The molecule has 7 heteroatoms. The number of esters is 1. The molecule has 1 saturated carbocycles. The molecule has 136 valence electrons. The van der Waals surface area contributed by atoms with Crippen LogP contribution in [0.1, 0.15) is 46.2 Å². The number of Topliss-reactive ketones (excluding diaryl/α,β-unsaturated/α-hetero) is 1. The molecule has 0 bridgehead atoms. The lowest BCUT2D eigenvalue weighted by Gasteiger charge is -2.08. The minimum absolute atomic E-state index is 0.135. The molecule has 0 amide bonds. The highest BCUT2D eigenvalue weighted by atomic mass is 16.6. The van der Waals surface area contributed by atoms with E-state index in [2.05, 4.69) is 4.57 Å². The SMILES string of the molecule is Cc1cc(C(=O)COC(=O)Cc2ccccc2[N+](=O)[O-])c(C)n1C1CC1. The number of carbonyl (C=O) groups is 2. The fraction of sp³-hybridized carbons (Fsp3) is 0.368. The molecule has 1 heterocycles. The number of ketones is 1. The maximum Gasteiger partial charge on any atom is 0.310 e. The number of nitrogens with zero attached hydrogens (tertiary/aromatic N) is 2. The molecule has 0 unspecified atom stereocenters. The topological polar surface area (TPSA) is 91.4 Å². The Morgan fingerprint density at radius 3 is 2.62 bits per heavy atom. The molecular weight excluding hydrogens is 336 g/mol. The Hall–Kier alpha value is -2.96. The van der Waals surface area contributed by atoms with Crippen molar-refractivity contribution >= 4 is 17.4 Å². The first-order valence-corrected chi connectivity index (χ1v) is 8.48. The number of carbonyl (C=O) groups excluding carboxylic acids is 2. The first kappa shape index (κ1) is 17.8. The van der Waals surface area contributed by atoms with Crippen LogP contribution in [0.25, 0.3) is 0 Å². The van der Waals surface area contributed by atoms with Crippen molar-refractivity contribution in [1.29, 1.82) is 0 Å². The molecule has 0 radical (unpaired) electrons. The molecule has 0 N–H and O–H groups in total. The number of nitro groups is 1. The summed E-state index contributed by atoms with van der Waals surface area (Å²) in [4.78, 5) is 34.8. The maximum atomic E-state index is 12.4. The molecule has 7 nitrogen and oxygen atoms in total. The predicted molar refractivity (Wildman–Crippen MR) is 94.3 cm³/mol. The molecule has 0 saturated heterocycles. The number of nitro benzene ring substituents is 1. The number of hydrogen-bond donors (Lipinski definition) is 0. The largest absolute Gasteiger partial charge is 0.457 e. The fourth-order valence-corrected chi connectivity index (χ4v) is 3.22. The molecule has 0 spiro atoms. The van der Waals surface area contributed by atoms with Gasteiger partial charge in [-0.15, -0.1) is 0 Å². The van der Waals surface area contributed by atoms with Crippen LogP contribution < -0.4 is 0 Å². The standard InChI is InChI=1S/C19H20N2O5/c1-12-9-16(13(2)20(12)15-7-8-15)18(22)11-26-19(23)10-14-5-3-4-6-17(14)21(24)25/h3-6,9,15H,7-8,10-11H2,1-2H3. The van der Waals surface area contributed by atoms with Crippen molar-refractivity contribution in [3.8, 4) is 0 Å². The van der Waals surface area contributed by atoms with Crippen molar-refractivity contribution in [3.05, 3.63) is 63.0 Å². The molecule has 3 rings (SSSR count). The van der Waals surface area contributed by atoms with E-state index in [1.807, 2.05) is 19.9 Å². The van der Waals surface area contributed by atoms with Crippen molar-refractivity contribution in [2.75, 3.05) is 6.61 Å². The first-order chi connectivity index (χ1) is 12.4. The van der Waals surface area contributed by atoms with Gasteiger partial charge in [0.15, 0.2) is 6.61 Å². The van der Waals surface area contributed by atoms with E-state index in [0.29, 0.717) is 11.6 Å². The van der Waals surface area contributed by atoms with Gasteiger partial charge in [0.1, 0.15) is 0 Å². The van der Waals surface area contributed by atoms with Crippen LogP contribution in [0, 0.1) is 24.0 Å². The average molecular weight is 356 g/mol. The van der Waals surface area contributed by atoms with Crippen molar-refractivity contribution < 1.29 is 19.2 Å². The summed E-state index contributed by atoms with van der Waals surface area (Å²) in [5.41, 5.74) is 2.61. The second-order valence-electron chi connectivity index (χ2n) is 6.53. The van der Waals surface area contributed by atoms with Gasteiger partial charge in [-0.25, -0.2) is 0 Å². The molecule has 1 aromatic carbocycles. The third-order valence-corrected chi connectivity index (χ3v) is 4.58. The predicted octanol–water partition coefficient (Wildman–Crippen LogP) is 3.32. The quantitative estimate of drug-likeness (QED) is 0.328. The Labute approximate surface area is 150 Å². The van der Waals surface area contributed by atoms with Crippen molar-refractivity contribution in [1.82, 2.24) is 4.57 Å². The highest BCUT2D eigenvalue weighted by Gasteiger charge is 2.28. The Morgan fingerprint density at radius 1 is 1.27 bits per heavy atom. The van der Waals surface area contributed by atoms with Crippen LogP contribution in [0.4, 0.5) is 5.69 Å². The Morgan fingerprint density at radius 2 is 1.96 bits per heavy atom. The molecule has 1 aliphatic rings. The summed E-state index contributed by atoms with van der Waals surface area (Å²) in [7, 11) is 0. The minimum atomic E-state index is -0.663. The summed E-state index contributed by atoms with van der Waals surface area (Å²) in [5, 5.41) is 11.0. The van der Waals surface area contributed by atoms with E-state index in [9.17, 15) is 19.7 Å². The first-order valence-electron chi connectivity index (χ1n) is 8.48. The van der Waals surface area contributed by atoms with Gasteiger partial charge in [-0.2, -0.15) is 0 Å². The van der Waals surface area contributed by atoms with E-state index >= 15 is 0 Å². The number of rotatable bonds is 7. The Bertz CT molecular complexity index is 880. The van der Waals surface area contributed by atoms with Crippen LogP contribution in [-0.4, -0.2) is 27.8 Å². The smallest absolute Gasteiger partial charge is 0.310 e. The van der Waals surface area contributed by atoms with Gasteiger partial charge in [0.05, 0.1) is 11.3 Å². The van der Waals surface area contributed by atoms with Gasteiger partial charge in [0.25, 0.3) is 5.69 Å². The zero-order valence-electron chi connectivity index (χ0n) is 14.7. The van der Waals surface area contributed by atoms with E-state index in [4.69, 9.17) is 4.74 Å². The van der Waals surface area contributed by atoms with Crippen molar-refractivity contribution in [2.24, 2.45) is 0 Å².